The number of aliphatic hydroxyl groups excluding tert-OH is 1. The van der Waals surface area contributed by atoms with Crippen LogP contribution in [0, 0.1) is 5.41 Å². The van der Waals surface area contributed by atoms with Crippen LogP contribution in [0.1, 0.15) is 30.6 Å². The normalized spacial score (nSPS) is 18.0. The van der Waals surface area contributed by atoms with Gasteiger partial charge >= 0.3 is 0 Å². The minimum Gasteiger partial charge on any atom is -0.396 e. The van der Waals surface area contributed by atoms with Crippen molar-refractivity contribution < 1.29 is 9.90 Å². The van der Waals surface area contributed by atoms with Crippen molar-refractivity contribution in [2.45, 2.75) is 25.7 Å². The predicted octanol–water partition coefficient (Wildman–Crippen LogP) is 3.19. The second kappa shape index (κ2) is 6.68. The highest BCUT2D eigenvalue weighted by Crippen LogP contribution is 2.36. The molecule has 0 aromatic carbocycles. The van der Waals surface area contributed by atoms with Crippen LogP contribution in [0.4, 0.5) is 0 Å². The number of aliphatic hydroxyl groups is 1. The number of hydrogen-bond acceptors (Lipinski definition) is 3. The van der Waals surface area contributed by atoms with E-state index in [1.165, 1.54) is 0 Å². The molecule has 0 unspecified atom stereocenters. The molecule has 1 aromatic heterocycles. The smallest absolute Gasteiger partial charge is 0.244 e. The van der Waals surface area contributed by atoms with E-state index in [1.807, 2.05) is 18.2 Å². The Morgan fingerprint density at radius 3 is 2.79 bits per heavy atom. The molecule has 0 bridgehead atoms. The van der Waals surface area contributed by atoms with Crippen LogP contribution >= 0.6 is 27.3 Å². The lowest BCUT2D eigenvalue weighted by atomic mass is 9.87. The molecule has 104 valence electrons. The first-order chi connectivity index (χ1) is 9.13. The Kier molecular flexibility index (Phi) is 5.19. The van der Waals surface area contributed by atoms with Crippen LogP contribution < -0.4 is 5.32 Å². The van der Waals surface area contributed by atoms with Gasteiger partial charge in [0.2, 0.25) is 5.91 Å². The highest BCUT2D eigenvalue weighted by Gasteiger charge is 2.33. The van der Waals surface area contributed by atoms with Gasteiger partial charge < -0.3 is 10.4 Å². The molecule has 1 aromatic rings. The molecule has 0 radical (unpaired) electrons. The fourth-order valence-electron chi connectivity index (χ4n) is 2.43. The van der Waals surface area contributed by atoms with Crippen molar-refractivity contribution in [2.24, 2.45) is 5.41 Å². The van der Waals surface area contributed by atoms with E-state index >= 15 is 0 Å². The number of carbonyl (C=O) groups excluding carboxylic acids is 1. The number of halogens is 1. The van der Waals surface area contributed by atoms with E-state index in [1.54, 1.807) is 17.4 Å². The van der Waals surface area contributed by atoms with Crippen molar-refractivity contribution in [1.82, 2.24) is 5.32 Å². The number of rotatable bonds is 5. The van der Waals surface area contributed by atoms with Gasteiger partial charge in [-0.25, -0.2) is 0 Å². The molecule has 19 heavy (non-hydrogen) atoms. The highest BCUT2D eigenvalue weighted by molar-refractivity contribution is 9.11. The Hall–Kier alpha value is -0.650. The van der Waals surface area contributed by atoms with E-state index in [9.17, 15) is 9.90 Å². The topological polar surface area (TPSA) is 49.3 Å². The van der Waals surface area contributed by atoms with Crippen LogP contribution in [-0.2, 0) is 4.79 Å². The van der Waals surface area contributed by atoms with Crippen LogP contribution in [-0.4, -0.2) is 24.2 Å². The first-order valence-corrected chi connectivity index (χ1v) is 8.07. The summed E-state index contributed by atoms with van der Waals surface area (Å²) in [6, 6.07) is 3.92. The van der Waals surface area contributed by atoms with Gasteiger partial charge in [0.25, 0.3) is 0 Å². The van der Waals surface area contributed by atoms with Gasteiger partial charge in [0.15, 0.2) is 0 Å². The molecule has 0 atom stereocenters. The molecule has 2 N–H and O–H groups in total. The van der Waals surface area contributed by atoms with E-state index in [0.717, 1.165) is 34.3 Å². The van der Waals surface area contributed by atoms with Gasteiger partial charge in [-0.3, -0.25) is 4.79 Å². The molecule has 1 aliphatic carbocycles. The summed E-state index contributed by atoms with van der Waals surface area (Å²) in [6.45, 7) is 0.732. The van der Waals surface area contributed by atoms with Crippen molar-refractivity contribution >= 4 is 39.2 Å². The van der Waals surface area contributed by atoms with E-state index in [4.69, 9.17) is 0 Å². The third-order valence-electron chi connectivity index (χ3n) is 3.63. The molecule has 3 nitrogen and oxygen atoms in total. The minimum absolute atomic E-state index is 0.0878. The first-order valence-electron chi connectivity index (χ1n) is 6.46. The molecule has 2 rings (SSSR count). The Balaban J connectivity index is 1.83. The maximum Gasteiger partial charge on any atom is 0.244 e. The van der Waals surface area contributed by atoms with Crippen molar-refractivity contribution in [3.63, 3.8) is 0 Å². The van der Waals surface area contributed by atoms with Crippen LogP contribution in [0.2, 0.25) is 0 Å². The molecule has 1 fully saturated rings. The average Bonchev–Trinajstić information content (AvgIpc) is 3.04. The van der Waals surface area contributed by atoms with Gasteiger partial charge in [-0.1, -0.05) is 12.8 Å². The number of thiophene rings is 1. The Morgan fingerprint density at radius 1 is 1.47 bits per heavy atom. The summed E-state index contributed by atoms with van der Waals surface area (Å²) in [5, 5.41) is 12.4. The molecule has 0 aliphatic heterocycles. The molecule has 1 heterocycles. The molecule has 5 heteroatoms. The van der Waals surface area contributed by atoms with E-state index < -0.39 is 0 Å². The van der Waals surface area contributed by atoms with E-state index in [-0.39, 0.29) is 17.9 Å². The number of carbonyl (C=O) groups is 1. The van der Waals surface area contributed by atoms with Gasteiger partial charge in [-0.15, -0.1) is 11.3 Å². The van der Waals surface area contributed by atoms with Gasteiger partial charge in [0, 0.05) is 22.9 Å². The SMILES string of the molecule is O=C(/C=C/c1ccc(Br)s1)NCC1(CO)CCCC1. The zero-order chi connectivity index (χ0) is 13.7. The molecule has 1 saturated carbocycles. The maximum atomic E-state index is 11.8. The number of amides is 1. The quantitative estimate of drug-likeness (QED) is 0.806. The van der Waals surface area contributed by atoms with E-state index in [2.05, 4.69) is 21.2 Å². The zero-order valence-corrected chi connectivity index (χ0v) is 13.1. The Bertz CT molecular complexity index is 464. The molecular formula is C14H18BrNO2S. The maximum absolute atomic E-state index is 11.8. The summed E-state index contributed by atoms with van der Waals surface area (Å²) in [5.74, 6) is -0.0933. The third-order valence-corrected chi connectivity index (χ3v) is 5.22. The van der Waals surface area contributed by atoms with E-state index in [0.29, 0.717) is 6.54 Å². The van der Waals surface area contributed by atoms with Crippen molar-refractivity contribution in [2.75, 3.05) is 13.2 Å². The van der Waals surface area contributed by atoms with Crippen LogP contribution in [0.3, 0.4) is 0 Å². The minimum atomic E-state index is -0.0933. The van der Waals surface area contributed by atoms with Gasteiger partial charge in [-0.2, -0.15) is 0 Å². The van der Waals surface area contributed by atoms with Crippen LogP contribution in [0.15, 0.2) is 22.0 Å². The van der Waals surface area contributed by atoms with Gasteiger partial charge in [0.05, 0.1) is 10.4 Å². The molecule has 1 aliphatic rings. The number of nitrogens with one attached hydrogen (secondary N) is 1. The summed E-state index contributed by atoms with van der Waals surface area (Å²) < 4.78 is 1.05. The monoisotopic (exact) mass is 343 g/mol. The predicted molar refractivity (Wildman–Crippen MR) is 82.0 cm³/mol. The Morgan fingerprint density at radius 2 is 2.21 bits per heavy atom. The second-order valence-corrected chi connectivity index (χ2v) is 7.55. The average molecular weight is 344 g/mol. The van der Waals surface area contributed by atoms with Crippen molar-refractivity contribution in [3.8, 4) is 0 Å². The fraction of sp³-hybridized carbons (Fsp3) is 0.500. The van der Waals surface area contributed by atoms with Crippen LogP contribution in [0.5, 0.6) is 0 Å². The van der Waals surface area contributed by atoms with Crippen molar-refractivity contribution in [1.29, 1.82) is 0 Å². The summed E-state index contributed by atoms with van der Waals surface area (Å²) >= 11 is 4.97. The Labute approximate surface area is 125 Å². The fourth-order valence-corrected chi connectivity index (χ4v) is 3.75. The first kappa shape index (κ1) is 14.8. The third kappa shape index (κ3) is 4.16. The lowest BCUT2D eigenvalue weighted by Gasteiger charge is -2.26. The van der Waals surface area contributed by atoms with Crippen LogP contribution in [0.25, 0.3) is 6.08 Å². The second-order valence-electron chi connectivity index (χ2n) is 5.06. The van der Waals surface area contributed by atoms with Gasteiger partial charge in [0.1, 0.15) is 0 Å². The summed E-state index contributed by atoms with van der Waals surface area (Å²) in [6.07, 6.45) is 7.67. The lowest BCUT2D eigenvalue weighted by molar-refractivity contribution is -0.117. The number of hydrogen-bond donors (Lipinski definition) is 2. The zero-order valence-electron chi connectivity index (χ0n) is 10.7. The van der Waals surface area contributed by atoms with Crippen molar-refractivity contribution in [3.05, 3.63) is 26.9 Å². The molecule has 0 saturated heterocycles. The molecule has 0 spiro atoms. The van der Waals surface area contributed by atoms with Gasteiger partial charge in [-0.05, 0) is 47.0 Å². The lowest BCUT2D eigenvalue weighted by Crippen LogP contribution is -2.37. The molecular weight excluding hydrogens is 326 g/mol. The summed E-state index contributed by atoms with van der Waals surface area (Å²) in [5.41, 5.74) is -0.0878. The summed E-state index contributed by atoms with van der Waals surface area (Å²) in [7, 11) is 0. The summed E-state index contributed by atoms with van der Waals surface area (Å²) in [4.78, 5) is 12.8. The standard InChI is InChI=1S/C14H18BrNO2S/c15-12-5-3-11(19-12)4-6-13(18)16-9-14(10-17)7-1-2-8-14/h3-6,17H,1-2,7-10H2,(H,16,18)/b6-4+. The molecule has 1 amide bonds. The highest BCUT2D eigenvalue weighted by atomic mass is 79.9. The largest absolute Gasteiger partial charge is 0.396 e.